The van der Waals surface area contributed by atoms with E-state index < -0.39 is 17.4 Å². The summed E-state index contributed by atoms with van der Waals surface area (Å²) >= 11 is 0. The van der Waals surface area contributed by atoms with Gasteiger partial charge in [0.15, 0.2) is 5.76 Å². The Morgan fingerprint density at radius 2 is 2.18 bits per heavy atom. The van der Waals surface area contributed by atoms with Gasteiger partial charge in [-0.15, -0.1) is 0 Å². The van der Waals surface area contributed by atoms with Crippen molar-refractivity contribution in [3.63, 3.8) is 0 Å². The molecule has 1 aliphatic carbocycles. The van der Waals surface area contributed by atoms with Crippen LogP contribution in [0, 0.1) is 6.92 Å². The van der Waals surface area contributed by atoms with E-state index >= 15 is 0 Å². The Kier molecular flexibility index (Phi) is 2.69. The number of furan rings is 1. The van der Waals surface area contributed by atoms with E-state index in [4.69, 9.17) is 9.52 Å². The smallest absolute Gasteiger partial charge is 0.329 e. The van der Waals surface area contributed by atoms with Crippen molar-refractivity contribution in [2.45, 2.75) is 38.6 Å². The molecule has 2 N–H and O–H groups in total. The summed E-state index contributed by atoms with van der Waals surface area (Å²) in [5.41, 5.74) is -0.330. The van der Waals surface area contributed by atoms with Gasteiger partial charge in [0, 0.05) is 12.0 Å². The first-order chi connectivity index (χ1) is 7.98. The van der Waals surface area contributed by atoms with Crippen LogP contribution in [0.5, 0.6) is 0 Å². The maximum Gasteiger partial charge on any atom is 0.329 e. The summed E-state index contributed by atoms with van der Waals surface area (Å²) in [4.78, 5) is 22.8. The van der Waals surface area contributed by atoms with Crippen LogP contribution in [0.4, 0.5) is 0 Å². The summed E-state index contributed by atoms with van der Waals surface area (Å²) in [6.45, 7) is 3.71. The third-order valence-corrected chi connectivity index (χ3v) is 3.04. The van der Waals surface area contributed by atoms with Crippen LogP contribution in [0.3, 0.4) is 0 Å². The van der Waals surface area contributed by atoms with Crippen LogP contribution >= 0.6 is 0 Å². The quantitative estimate of drug-likeness (QED) is 0.831. The number of carboxylic acid groups (broad SMARTS) is 1. The molecule has 1 aromatic rings. The van der Waals surface area contributed by atoms with Crippen LogP contribution in [-0.4, -0.2) is 22.5 Å². The topological polar surface area (TPSA) is 79.5 Å². The monoisotopic (exact) mass is 237 g/mol. The molecule has 0 aromatic carbocycles. The van der Waals surface area contributed by atoms with Crippen molar-refractivity contribution in [2.75, 3.05) is 0 Å². The lowest BCUT2D eigenvalue weighted by Crippen LogP contribution is -2.43. The lowest BCUT2D eigenvalue weighted by Gasteiger charge is -2.11. The average Bonchev–Trinajstić information content (AvgIpc) is 2.95. The highest BCUT2D eigenvalue weighted by Crippen LogP contribution is 2.36. The molecule has 1 heterocycles. The first kappa shape index (κ1) is 11.7. The minimum absolute atomic E-state index is 0.217. The lowest BCUT2D eigenvalue weighted by molar-refractivity contribution is -0.140. The maximum absolute atomic E-state index is 11.9. The van der Waals surface area contributed by atoms with E-state index in [1.165, 1.54) is 0 Å². The fourth-order valence-electron chi connectivity index (χ4n) is 1.74. The molecule has 92 valence electrons. The SMILES string of the molecule is CCc1cc(C)c(C(=O)NC2(C(=O)O)CC2)o1. The minimum Gasteiger partial charge on any atom is -0.480 e. The van der Waals surface area contributed by atoms with Crippen LogP contribution < -0.4 is 5.32 Å². The largest absolute Gasteiger partial charge is 0.480 e. The first-order valence-corrected chi connectivity index (χ1v) is 5.64. The number of carbonyl (C=O) groups is 2. The second-order valence-electron chi connectivity index (χ2n) is 4.42. The molecule has 1 aromatic heterocycles. The Labute approximate surface area is 98.8 Å². The van der Waals surface area contributed by atoms with Crippen molar-refractivity contribution in [2.24, 2.45) is 0 Å². The molecule has 0 spiro atoms. The number of aryl methyl sites for hydroxylation is 2. The predicted octanol–water partition coefficient (Wildman–Crippen LogP) is 1.50. The van der Waals surface area contributed by atoms with Gasteiger partial charge < -0.3 is 14.8 Å². The van der Waals surface area contributed by atoms with Crippen molar-refractivity contribution < 1.29 is 19.1 Å². The van der Waals surface area contributed by atoms with Crippen LogP contribution in [0.1, 0.15) is 41.6 Å². The summed E-state index contributed by atoms with van der Waals surface area (Å²) in [7, 11) is 0. The van der Waals surface area contributed by atoms with E-state index in [0.717, 1.165) is 11.3 Å². The van der Waals surface area contributed by atoms with Crippen molar-refractivity contribution in [1.29, 1.82) is 0 Å². The molecular weight excluding hydrogens is 222 g/mol. The zero-order valence-electron chi connectivity index (χ0n) is 9.87. The number of nitrogens with one attached hydrogen (secondary N) is 1. The summed E-state index contributed by atoms with van der Waals surface area (Å²) in [6, 6.07) is 1.80. The third-order valence-electron chi connectivity index (χ3n) is 3.04. The van der Waals surface area contributed by atoms with E-state index in [9.17, 15) is 9.59 Å². The van der Waals surface area contributed by atoms with Gasteiger partial charge in [0.1, 0.15) is 11.3 Å². The van der Waals surface area contributed by atoms with Crippen molar-refractivity contribution in [3.8, 4) is 0 Å². The Hall–Kier alpha value is -1.78. The Morgan fingerprint density at radius 3 is 2.59 bits per heavy atom. The number of amides is 1. The van der Waals surface area contributed by atoms with E-state index in [2.05, 4.69) is 5.32 Å². The molecule has 0 bridgehead atoms. The normalized spacial score (nSPS) is 16.6. The molecule has 0 aliphatic heterocycles. The average molecular weight is 237 g/mol. The second kappa shape index (κ2) is 3.91. The standard InChI is InChI=1S/C12H15NO4/c1-3-8-6-7(2)9(17-8)10(14)13-12(4-5-12)11(15)16/h6H,3-5H2,1-2H3,(H,13,14)(H,15,16). The summed E-state index contributed by atoms with van der Waals surface area (Å²) < 4.78 is 5.37. The van der Waals surface area contributed by atoms with Gasteiger partial charge in [-0.1, -0.05) is 6.92 Å². The maximum atomic E-state index is 11.9. The predicted molar refractivity (Wildman–Crippen MR) is 59.9 cm³/mol. The zero-order chi connectivity index (χ0) is 12.6. The Morgan fingerprint density at radius 1 is 1.53 bits per heavy atom. The van der Waals surface area contributed by atoms with Crippen LogP contribution in [0.25, 0.3) is 0 Å². The van der Waals surface area contributed by atoms with E-state index in [0.29, 0.717) is 19.3 Å². The van der Waals surface area contributed by atoms with Gasteiger partial charge in [0.2, 0.25) is 0 Å². The van der Waals surface area contributed by atoms with E-state index in [1.54, 1.807) is 13.0 Å². The van der Waals surface area contributed by atoms with Crippen LogP contribution in [0.2, 0.25) is 0 Å². The molecule has 1 aliphatic rings. The molecule has 17 heavy (non-hydrogen) atoms. The second-order valence-corrected chi connectivity index (χ2v) is 4.42. The molecule has 2 rings (SSSR count). The van der Waals surface area contributed by atoms with E-state index in [1.807, 2.05) is 6.92 Å². The number of hydrogen-bond donors (Lipinski definition) is 2. The lowest BCUT2D eigenvalue weighted by atomic mass is 10.2. The van der Waals surface area contributed by atoms with Gasteiger partial charge in [-0.3, -0.25) is 4.79 Å². The van der Waals surface area contributed by atoms with Gasteiger partial charge in [-0.05, 0) is 25.8 Å². The van der Waals surface area contributed by atoms with Gasteiger partial charge >= 0.3 is 5.97 Å². The number of carboxylic acids is 1. The first-order valence-electron chi connectivity index (χ1n) is 5.64. The van der Waals surface area contributed by atoms with Crippen molar-refractivity contribution in [1.82, 2.24) is 5.32 Å². The fourth-order valence-corrected chi connectivity index (χ4v) is 1.74. The Balaban J connectivity index is 2.15. The molecule has 5 nitrogen and oxygen atoms in total. The minimum atomic E-state index is -1.07. The molecule has 1 amide bonds. The van der Waals surface area contributed by atoms with Gasteiger partial charge in [0.05, 0.1) is 0 Å². The molecule has 0 radical (unpaired) electrons. The molecule has 5 heteroatoms. The number of carbonyl (C=O) groups excluding carboxylic acids is 1. The molecule has 0 unspecified atom stereocenters. The molecule has 1 fully saturated rings. The highest BCUT2D eigenvalue weighted by Gasteiger charge is 2.52. The van der Waals surface area contributed by atoms with Gasteiger partial charge in [-0.25, -0.2) is 4.79 Å². The highest BCUT2D eigenvalue weighted by atomic mass is 16.4. The third kappa shape index (κ3) is 2.05. The van der Waals surface area contributed by atoms with Crippen molar-refractivity contribution in [3.05, 3.63) is 23.2 Å². The summed E-state index contributed by atoms with van der Waals surface area (Å²) in [5.74, 6) is -0.477. The zero-order valence-corrected chi connectivity index (χ0v) is 9.87. The number of rotatable bonds is 4. The molecule has 0 saturated heterocycles. The number of hydrogen-bond acceptors (Lipinski definition) is 3. The highest BCUT2D eigenvalue weighted by molar-refractivity contribution is 5.98. The van der Waals surface area contributed by atoms with Crippen LogP contribution in [0.15, 0.2) is 10.5 Å². The van der Waals surface area contributed by atoms with E-state index in [-0.39, 0.29) is 5.76 Å². The summed E-state index contributed by atoms with van der Waals surface area (Å²) in [5, 5.41) is 11.5. The van der Waals surface area contributed by atoms with Gasteiger partial charge in [0.25, 0.3) is 5.91 Å². The number of aliphatic carboxylic acids is 1. The molecule has 1 saturated carbocycles. The van der Waals surface area contributed by atoms with Crippen molar-refractivity contribution >= 4 is 11.9 Å². The molecule has 0 atom stereocenters. The molecular formula is C12H15NO4. The Bertz CT molecular complexity index is 471. The summed E-state index contributed by atoms with van der Waals surface area (Å²) in [6.07, 6.45) is 1.67. The van der Waals surface area contributed by atoms with Gasteiger partial charge in [-0.2, -0.15) is 0 Å². The van der Waals surface area contributed by atoms with Crippen LogP contribution in [-0.2, 0) is 11.2 Å². The fraction of sp³-hybridized carbons (Fsp3) is 0.500.